The largest absolute Gasteiger partial charge is 0.448 e. The Labute approximate surface area is 136 Å². The van der Waals surface area contributed by atoms with Crippen molar-refractivity contribution in [1.82, 2.24) is 9.88 Å². The second-order valence-corrected chi connectivity index (χ2v) is 6.25. The van der Waals surface area contributed by atoms with Gasteiger partial charge in [0.1, 0.15) is 5.69 Å². The van der Waals surface area contributed by atoms with Crippen molar-refractivity contribution in [2.75, 3.05) is 0 Å². The maximum absolute atomic E-state index is 12.5. The first-order valence-corrected chi connectivity index (χ1v) is 7.92. The third kappa shape index (κ3) is 3.73. The fourth-order valence-corrected chi connectivity index (χ4v) is 2.77. The van der Waals surface area contributed by atoms with Gasteiger partial charge in [-0.05, 0) is 46.8 Å². The van der Waals surface area contributed by atoms with E-state index in [2.05, 4.69) is 4.98 Å². The standard InChI is InChI=1S/C18H24N2O3/c1-11(2)20(12(3)4)17(21)13(5)23-18(22)16-10-14-8-6-7-9-15(14)19-16/h6-13,19H,1-5H3/t13-/m0/s1. The average Bonchev–Trinajstić information content (AvgIpc) is 2.90. The molecule has 0 saturated heterocycles. The number of fused-ring (bicyclic) bond motifs is 1. The molecule has 23 heavy (non-hydrogen) atoms. The summed E-state index contributed by atoms with van der Waals surface area (Å²) in [6, 6.07) is 9.44. The van der Waals surface area contributed by atoms with Crippen LogP contribution in [-0.2, 0) is 9.53 Å². The van der Waals surface area contributed by atoms with Crippen LogP contribution in [-0.4, -0.2) is 39.9 Å². The fourth-order valence-electron chi connectivity index (χ4n) is 2.77. The number of hydrogen-bond acceptors (Lipinski definition) is 3. The van der Waals surface area contributed by atoms with Crippen LogP contribution in [0.5, 0.6) is 0 Å². The number of benzene rings is 1. The number of nitrogens with one attached hydrogen (secondary N) is 1. The molecule has 124 valence electrons. The highest BCUT2D eigenvalue weighted by Gasteiger charge is 2.28. The van der Waals surface area contributed by atoms with Gasteiger partial charge < -0.3 is 14.6 Å². The van der Waals surface area contributed by atoms with E-state index in [1.807, 2.05) is 52.0 Å². The summed E-state index contributed by atoms with van der Waals surface area (Å²) in [6.45, 7) is 9.41. The number of amides is 1. The third-order valence-corrected chi connectivity index (χ3v) is 3.75. The maximum atomic E-state index is 12.5. The molecule has 1 heterocycles. The fraction of sp³-hybridized carbons (Fsp3) is 0.444. The molecule has 2 rings (SSSR count). The molecule has 1 aromatic carbocycles. The molecular formula is C18H24N2O3. The molecule has 0 aliphatic heterocycles. The summed E-state index contributed by atoms with van der Waals surface area (Å²) >= 11 is 0. The third-order valence-electron chi connectivity index (χ3n) is 3.75. The lowest BCUT2D eigenvalue weighted by molar-refractivity contribution is -0.143. The summed E-state index contributed by atoms with van der Waals surface area (Å²) < 4.78 is 5.35. The summed E-state index contributed by atoms with van der Waals surface area (Å²) in [4.78, 5) is 29.5. The van der Waals surface area contributed by atoms with E-state index in [1.165, 1.54) is 0 Å². The van der Waals surface area contributed by atoms with E-state index in [0.717, 1.165) is 10.9 Å². The molecule has 0 aliphatic carbocycles. The first-order chi connectivity index (χ1) is 10.8. The first-order valence-electron chi connectivity index (χ1n) is 7.92. The van der Waals surface area contributed by atoms with Crippen molar-refractivity contribution >= 4 is 22.8 Å². The second kappa shape index (κ2) is 6.86. The van der Waals surface area contributed by atoms with E-state index in [-0.39, 0.29) is 18.0 Å². The predicted molar refractivity (Wildman–Crippen MR) is 90.3 cm³/mol. The number of H-pyrrole nitrogens is 1. The van der Waals surface area contributed by atoms with Gasteiger partial charge in [-0.15, -0.1) is 0 Å². The minimum absolute atomic E-state index is 0.0525. The topological polar surface area (TPSA) is 62.4 Å². The molecule has 0 aliphatic rings. The Morgan fingerprint density at radius 2 is 1.65 bits per heavy atom. The lowest BCUT2D eigenvalue weighted by atomic mass is 10.2. The van der Waals surface area contributed by atoms with Crippen LogP contribution in [0.25, 0.3) is 10.9 Å². The number of para-hydroxylation sites is 1. The van der Waals surface area contributed by atoms with E-state index < -0.39 is 12.1 Å². The Balaban J connectivity index is 2.11. The zero-order chi connectivity index (χ0) is 17.1. The molecule has 2 aromatic rings. The van der Waals surface area contributed by atoms with Crippen LogP contribution in [0.1, 0.15) is 45.1 Å². The first kappa shape index (κ1) is 17.1. The number of aromatic amines is 1. The zero-order valence-corrected chi connectivity index (χ0v) is 14.3. The van der Waals surface area contributed by atoms with Gasteiger partial charge in [-0.2, -0.15) is 0 Å². The zero-order valence-electron chi connectivity index (χ0n) is 14.3. The molecule has 0 unspecified atom stereocenters. The number of esters is 1. The monoisotopic (exact) mass is 316 g/mol. The van der Waals surface area contributed by atoms with Gasteiger partial charge in [0, 0.05) is 23.0 Å². The quantitative estimate of drug-likeness (QED) is 0.860. The molecule has 5 nitrogen and oxygen atoms in total. The van der Waals surface area contributed by atoms with Crippen molar-refractivity contribution in [2.24, 2.45) is 0 Å². The van der Waals surface area contributed by atoms with Crippen molar-refractivity contribution in [1.29, 1.82) is 0 Å². The number of carbonyl (C=O) groups excluding carboxylic acids is 2. The minimum atomic E-state index is -0.821. The molecule has 1 N–H and O–H groups in total. The number of ether oxygens (including phenoxy) is 1. The second-order valence-electron chi connectivity index (χ2n) is 6.25. The van der Waals surface area contributed by atoms with Crippen molar-refractivity contribution in [3.05, 3.63) is 36.0 Å². The normalized spacial score (nSPS) is 12.7. The SMILES string of the molecule is CC(C)N(C(=O)[C@H](C)OC(=O)c1cc2ccccc2[nH]1)C(C)C. The van der Waals surface area contributed by atoms with Crippen LogP contribution in [0.3, 0.4) is 0 Å². The van der Waals surface area contributed by atoms with Crippen LogP contribution in [0, 0.1) is 0 Å². The summed E-state index contributed by atoms with van der Waals surface area (Å²) in [5.74, 6) is -0.700. The van der Waals surface area contributed by atoms with Crippen LogP contribution in [0.15, 0.2) is 30.3 Å². The van der Waals surface area contributed by atoms with Crippen LogP contribution in [0.2, 0.25) is 0 Å². The Morgan fingerprint density at radius 3 is 2.22 bits per heavy atom. The molecule has 1 amide bonds. The Kier molecular flexibility index (Phi) is 5.08. The summed E-state index contributed by atoms with van der Waals surface area (Å²) in [6.07, 6.45) is -0.821. The Morgan fingerprint density at radius 1 is 1.04 bits per heavy atom. The summed E-state index contributed by atoms with van der Waals surface area (Å²) in [5, 5.41) is 0.935. The Bertz CT molecular complexity index is 662. The number of aromatic nitrogens is 1. The lowest BCUT2D eigenvalue weighted by Crippen LogP contribution is -2.47. The van der Waals surface area contributed by atoms with Crippen molar-refractivity contribution < 1.29 is 14.3 Å². The highest BCUT2D eigenvalue weighted by atomic mass is 16.5. The van der Waals surface area contributed by atoms with Gasteiger partial charge >= 0.3 is 5.97 Å². The molecule has 0 radical (unpaired) electrons. The molecule has 0 fully saturated rings. The number of hydrogen-bond donors (Lipinski definition) is 1. The van der Waals surface area contributed by atoms with Crippen LogP contribution < -0.4 is 0 Å². The van der Waals surface area contributed by atoms with E-state index >= 15 is 0 Å². The van der Waals surface area contributed by atoms with Gasteiger partial charge in [0.25, 0.3) is 5.91 Å². The van der Waals surface area contributed by atoms with Crippen molar-refractivity contribution in [2.45, 2.75) is 52.8 Å². The number of carbonyl (C=O) groups is 2. The molecule has 1 aromatic heterocycles. The maximum Gasteiger partial charge on any atom is 0.355 e. The molecule has 5 heteroatoms. The minimum Gasteiger partial charge on any atom is -0.448 e. The molecule has 0 bridgehead atoms. The lowest BCUT2D eigenvalue weighted by Gasteiger charge is -2.32. The van der Waals surface area contributed by atoms with E-state index in [0.29, 0.717) is 5.69 Å². The van der Waals surface area contributed by atoms with Gasteiger partial charge in [-0.1, -0.05) is 18.2 Å². The van der Waals surface area contributed by atoms with Gasteiger partial charge in [-0.25, -0.2) is 4.79 Å². The highest BCUT2D eigenvalue weighted by Crippen LogP contribution is 2.16. The predicted octanol–water partition coefficient (Wildman–Crippen LogP) is 3.36. The smallest absolute Gasteiger partial charge is 0.355 e. The number of nitrogens with zero attached hydrogens (tertiary/aromatic N) is 1. The van der Waals surface area contributed by atoms with E-state index in [9.17, 15) is 9.59 Å². The van der Waals surface area contributed by atoms with Gasteiger partial charge in [0.2, 0.25) is 0 Å². The number of rotatable bonds is 5. The molecule has 0 saturated carbocycles. The van der Waals surface area contributed by atoms with Gasteiger partial charge in [-0.3, -0.25) is 4.79 Å². The highest BCUT2D eigenvalue weighted by molar-refractivity contribution is 5.96. The van der Waals surface area contributed by atoms with Crippen molar-refractivity contribution in [3.8, 4) is 0 Å². The Hall–Kier alpha value is -2.30. The summed E-state index contributed by atoms with van der Waals surface area (Å²) in [7, 11) is 0. The van der Waals surface area contributed by atoms with E-state index in [1.54, 1.807) is 17.9 Å². The average molecular weight is 316 g/mol. The van der Waals surface area contributed by atoms with E-state index in [4.69, 9.17) is 4.74 Å². The van der Waals surface area contributed by atoms with Gasteiger partial charge in [0.05, 0.1) is 0 Å². The molecule has 1 atom stereocenters. The van der Waals surface area contributed by atoms with Crippen molar-refractivity contribution in [3.63, 3.8) is 0 Å². The molecule has 0 spiro atoms. The molecular weight excluding hydrogens is 292 g/mol. The summed E-state index contributed by atoms with van der Waals surface area (Å²) in [5.41, 5.74) is 1.22. The van der Waals surface area contributed by atoms with Crippen LogP contribution >= 0.6 is 0 Å². The van der Waals surface area contributed by atoms with Crippen LogP contribution in [0.4, 0.5) is 0 Å². The van der Waals surface area contributed by atoms with Gasteiger partial charge in [0.15, 0.2) is 6.10 Å².